The van der Waals surface area contributed by atoms with E-state index in [1.807, 2.05) is 6.20 Å². The normalized spacial score (nSPS) is 20.6. The fourth-order valence-electron chi connectivity index (χ4n) is 2.61. The second kappa shape index (κ2) is 2.83. The van der Waals surface area contributed by atoms with Gasteiger partial charge in [0.1, 0.15) is 0 Å². The molecule has 82 valence electrons. The van der Waals surface area contributed by atoms with Gasteiger partial charge >= 0.3 is 0 Å². The first-order valence-electron chi connectivity index (χ1n) is 5.87. The van der Waals surface area contributed by atoms with Crippen molar-refractivity contribution in [2.24, 2.45) is 0 Å². The van der Waals surface area contributed by atoms with Gasteiger partial charge in [-0.2, -0.15) is 5.10 Å². The highest BCUT2D eigenvalue weighted by molar-refractivity contribution is 5.52. The molecule has 0 radical (unpaired) electrons. The molecule has 0 amide bonds. The SMILES string of the molecule is CN1Cc2nn3c(C4CC4)ccnc3c2C1. The fraction of sp³-hybridized carbons (Fsp3) is 0.500. The van der Waals surface area contributed by atoms with Crippen molar-refractivity contribution in [2.75, 3.05) is 7.05 Å². The molecule has 0 saturated heterocycles. The maximum Gasteiger partial charge on any atom is 0.160 e. The molecule has 2 aromatic rings. The number of hydrogen-bond donors (Lipinski definition) is 0. The van der Waals surface area contributed by atoms with Crippen LogP contribution in [-0.2, 0) is 13.1 Å². The van der Waals surface area contributed by atoms with Crippen LogP contribution in [0.3, 0.4) is 0 Å². The Morgan fingerprint density at radius 2 is 2.19 bits per heavy atom. The first kappa shape index (κ1) is 8.70. The Morgan fingerprint density at radius 1 is 1.31 bits per heavy atom. The number of rotatable bonds is 1. The topological polar surface area (TPSA) is 33.4 Å². The molecule has 1 fully saturated rings. The summed E-state index contributed by atoms with van der Waals surface area (Å²) in [6, 6.07) is 2.12. The lowest BCUT2D eigenvalue weighted by Gasteiger charge is -2.07. The molecule has 1 aliphatic heterocycles. The van der Waals surface area contributed by atoms with Gasteiger partial charge in [0.25, 0.3) is 0 Å². The molecular weight excluding hydrogens is 200 g/mol. The molecule has 0 unspecified atom stereocenters. The number of hydrogen-bond acceptors (Lipinski definition) is 3. The number of nitrogens with zero attached hydrogens (tertiary/aromatic N) is 4. The van der Waals surface area contributed by atoms with Gasteiger partial charge in [-0.05, 0) is 26.0 Å². The Bertz CT molecular complexity index is 568. The predicted octanol–water partition coefficient (Wildman–Crippen LogP) is 1.55. The van der Waals surface area contributed by atoms with Crippen molar-refractivity contribution in [3.63, 3.8) is 0 Å². The molecule has 16 heavy (non-hydrogen) atoms. The van der Waals surface area contributed by atoms with Crippen LogP contribution in [0.2, 0.25) is 0 Å². The van der Waals surface area contributed by atoms with Gasteiger partial charge in [-0.15, -0.1) is 0 Å². The second-order valence-corrected chi connectivity index (χ2v) is 4.98. The van der Waals surface area contributed by atoms with E-state index < -0.39 is 0 Å². The molecule has 0 N–H and O–H groups in total. The summed E-state index contributed by atoms with van der Waals surface area (Å²) < 4.78 is 2.08. The molecule has 0 bridgehead atoms. The van der Waals surface area contributed by atoms with Gasteiger partial charge in [0, 0.05) is 36.5 Å². The third-order valence-corrected chi connectivity index (χ3v) is 3.57. The van der Waals surface area contributed by atoms with Gasteiger partial charge in [-0.3, -0.25) is 4.90 Å². The first-order chi connectivity index (χ1) is 7.83. The zero-order valence-corrected chi connectivity index (χ0v) is 9.35. The summed E-state index contributed by atoms with van der Waals surface area (Å²) in [6.45, 7) is 1.95. The molecule has 2 aliphatic rings. The van der Waals surface area contributed by atoms with Crippen LogP contribution in [0.15, 0.2) is 12.3 Å². The van der Waals surface area contributed by atoms with Crippen molar-refractivity contribution in [2.45, 2.75) is 31.8 Å². The predicted molar refractivity (Wildman–Crippen MR) is 60.1 cm³/mol. The molecule has 0 aromatic carbocycles. The van der Waals surface area contributed by atoms with Gasteiger partial charge in [0.15, 0.2) is 5.65 Å². The second-order valence-electron chi connectivity index (χ2n) is 4.98. The Balaban J connectivity index is 1.98. The molecule has 4 rings (SSSR count). The van der Waals surface area contributed by atoms with E-state index in [9.17, 15) is 0 Å². The van der Waals surface area contributed by atoms with E-state index in [-0.39, 0.29) is 0 Å². The van der Waals surface area contributed by atoms with Crippen LogP contribution >= 0.6 is 0 Å². The van der Waals surface area contributed by atoms with Gasteiger partial charge in [-0.1, -0.05) is 0 Å². The van der Waals surface area contributed by atoms with Crippen LogP contribution in [0.5, 0.6) is 0 Å². The van der Waals surface area contributed by atoms with E-state index in [1.54, 1.807) is 0 Å². The summed E-state index contributed by atoms with van der Waals surface area (Å²) in [5, 5.41) is 4.72. The highest BCUT2D eigenvalue weighted by Gasteiger charge is 2.29. The van der Waals surface area contributed by atoms with E-state index in [0.29, 0.717) is 0 Å². The van der Waals surface area contributed by atoms with Crippen molar-refractivity contribution in [3.05, 3.63) is 29.2 Å². The quantitative estimate of drug-likeness (QED) is 0.722. The largest absolute Gasteiger partial charge is 0.296 e. The minimum atomic E-state index is 0.725. The Hall–Kier alpha value is -1.42. The summed E-state index contributed by atoms with van der Waals surface area (Å²) in [5.41, 5.74) is 4.96. The standard InChI is InChI=1S/C12H14N4/c1-15-6-9-10(7-15)14-16-11(8-2-3-8)4-5-13-12(9)16/h4-5,8H,2-3,6-7H2,1H3. The third kappa shape index (κ3) is 1.08. The van der Waals surface area contributed by atoms with Crippen molar-refractivity contribution >= 4 is 5.65 Å². The van der Waals surface area contributed by atoms with Crippen LogP contribution < -0.4 is 0 Å². The summed E-state index contributed by atoms with van der Waals surface area (Å²) in [5.74, 6) is 0.725. The van der Waals surface area contributed by atoms with Crippen molar-refractivity contribution in [1.29, 1.82) is 0 Å². The van der Waals surface area contributed by atoms with Crippen LogP contribution in [0.1, 0.15) is 35.7 Å². The van der Waals surface area contributed by atoms with Gasteiger partial charge in [-0.25, -0.2) is 9.50 Å². The summed E-state index contributed by atoms with van der Waals surface area (Å²) in [6.07, 6.45) is 4.55. The third-order valence-electron chi connectivity index (χ3n) is 3.57. The average Bonchev–Trinajstić information content (AvgIpc) is 2.96. The maximum atomic E-state index is 4.72. The van der Waals surface area contributed by atoms with Crippen LogP contribution in [-0.4, -0.2) is 26.5 Å². The van der Waals surface area contributed by atoms with E-state index >= 15 is 0 Å². The summed E-state index contributed by atoms with van der Waals surface area (Å²) in [4.78, 5) is 6.77. The Labute approximate surface area is 93.9 Å². The van der Waals surface area contributed by atoms with E-state index in [4.69, 9.17) is 5.10 Å². The lowest BCUT2D eigenvalue weighted by atomic mass is 10.2. The van der Waals surface area contributed by atoms with Crippen LogP contribution in [0.4, 0.5) is 0 Å². The van der Waals surface area contributed by atoms with Crippen molar-refractivity contribution in [3.8, 4) is 0 Å². The van der Waals surface area contributed by atoms with Gasteiger partial charge in [0.05, 0.1) is 5.69 Å². The van der Waals surface area contributed by atoms with Crippen LogP contribution in [0.25, 0.3) is 5.65 Å². The number of fused-ring (bicyclic) bond motifs is 3. The highest BCUT2D eigenvalue weighted by atomic mass is 15.3. The summed E-state index contributed by atoms with van der Waals surface area (Å²) in [7, 11) is 2.13. The lowest BCUT2D eigenvalue weighted by Crippen LogP contribution is -2.10. The Morgan fingerprint density at radius 3 is 3.00 bits per heavy atom. The molecule has 4 nitrogen and oxygen atoms in total. The Kier molecular flexibility index (Phi) is 1.54. The number of aromatic nitrogens is 3. The van der Waals surface area contributed by atoms with Crippen molar-refractivity contribution in [1.82, 2.24) is 19.5 Å². The zero-order chi connectivity index (χ0) is 10.7. The lowest BCUT2D eigenvalue weighted by molar-refractivity contribution is 0.348. The monoisotopic (exact) mass is 214 g/mol. The van der Waals surface area contributed by atoms with Gasteiger partial charge < -0.3 is 0 Å². The van der Waals surface area contributed by atoms with Crippen molar-refractivity contribution < 1.29 is 0 Å². The minimum absolute atomic E-state index is 0.725. The molecule has 1 aliphatic carbocycles. The van der Waals surface area contributed by atoms with E-state index in [2.05, 4.69) is 27.5 Å². The molecule has 4 heteroatoms. The van der Waals surface area contributed by atoms with Crippen LogP contribution in [0, 0.1) is 0 Å². The first-order valence-corrected chi connectivity index (χ1v) is 5.87. The maximum absolute atomic E-state index is 4.72. The molecule has 1 saturated carbocycles. The zero-order valence-electron chi connectivity index (χ0n) is 9.35. The molecular formula is C12H14N4. The molecule has 3 heterocycles. The fourth-order valence-corrected chi connectivity index (χ4v) is 2.61. The van der Waals surface area contributed by atoms with Gasteiger partial charge in [0.2, 0.25) is 0 Å². The van der Waals surface area contributed by atoms with E-state index in [0.717, 1.165) is 24.7 Å². The average molecular weight is 214 g/mol. The molecule has 0 atom stereocenters. The smallest absolute Gasteiger partial charge is 0.160 e. The summed E-state index contributed by atoms with van der Waals surface area (Å²) >= 11 is 0. The highest BCUT2D eigenvalue weighted by Crippen LogP contribution is 2.40. The molecule has 0 spiro atoms. The van der Waals surface area contributed by atoms with E-state index in [1.165, 1.54) is 29.8 Å². The minimum Gasteiger partial charge on any atom is -0.296 e. The molecule has 2 aromatic heterocycles.